The molecule has 0 fully saturated rings. The fourth-order valence-corrected chi connectivity index (χ4v) is 1.76. The summed E-state index contributed by atoms with van der Waals surface area (Å²) in [7, 11) is 0. The number of nitrogens with two attached hydrogens (primary N) is 1. The lowest BCUT2D eigenvalue weighted by Gasteiger charge is -2.19. The lowest BCUT2D eigenvalue weighted by molar-refractivity contribution is -0.118. The Morgan fingerprint density at radius 3 is 2.83 bits per heavy atom. The molecule has 2 aromatic rings. The molecule has 1 amide bonds. The minimum absolute atomic E-state index is 0.0226. The van der Waals surface area contributed by atoms with Gasteiger partial charge in [0.15, 0.2) is 0 Å². The Morgan fingerprint density at radius 1 is 1.44 bits per heavy atom. The second-order valence-corrected chi connectivity index (χ2v) is 3.98. The van der Waals surface area contributed by atoms with Gasteiger partial charge in [0.2, 0.25) is 5.91 Å². The van der Waals surface area contributed by atoms with Crippen LogP contribution in [0.2, 0.25) is 0 Å². The van der Waals surface area contributed by atoms with Gasteiger partial charge in [-0.25, -0.2) is 4.98 Å². The van der Waals surface area contributed by atoms with E-state index in [4.69, 9.17) is 5.73 Å². The number of hydrogen-bond donors (Lipinski definition) is 2. The SMILES string of the molecule is CCN(C(=O)Cc1cc[nH]c1)c1ccc(N)cn1. The van der Waals surface area contributed by atoms with Gasteiger partial charge in [0, 0.05) is 18.9 Å². The van der Waals surface area contributed by atoms with Crippen molar-refractivity contribution in [1.29, 1.82) is 0 Å². The quantitative estimate of drug-likeness (QED) is 0.857. The molecular formula is C13H16N4O. The van der Waals surface area contributed by atoms with Crippen molar-refractivity contribution in [3.8, 4) is 0 Å². The van der Waals surface area contributed by atoms with E-state index in [1.165, 1.54) is 0 Å². The predicted molar refractivity (Wildman–Crippen MR) is 71.2 cm³/mol. The fourth-order valence-electron chi connectivity index (χ4n) is 1.76. The molecule has 2 heterocycles. The van der Waals surface area contributed by atoms with Crippen LogP contribution in [0.25, 0.3) is 0 Å². The number of hydrogen-bond acceptors (Lipinski definition) is 3. The molecule has 2 aromatic heterocycles. The third kappa shape index (κ3) is 2.68. The molecule has 0 bridgehead atoms. The van der Waals surface area contributed by atoms with Crippen molar-refractivity contribution < 1.29 is 4.79 Å². The second kappa shape index (κ2) is 5.35. The average molecular weight is 244 g/mol. The summed E-state index contributed by atoms with van der Waals surface area (Å²) in [5.74, 6) is 0.654. The molecule has 0 aliphatic carbocycles. The van der Waals surface area contributed by atoms with E-state index in [0.29, 0.717) is 24.5 Å². The molecule has 0 aliphatic rings. The Bertz CT molecular complexity index is 504. The molecule has 5 heteroatoms. The standard InChI is InChI=1S/C13H16N4O/c1-2-17(12-4-3-11(14)9-16-12)13(18)7-10-5-6-15-8-10/h3-6,8-9,15H,2,7,14H2,1H3. The Kier molecular flexibility index (Phi) is 3.62. The van der Waals surface area contributed by atoms with Crippen molar-refractivity contribution in [2.75, 3.05) is 17.2 Å². The molecule has 0 spiro atoms. The highest BCUT2D eigenvalue weighted by molar-refractivity contribution is 5.93. The summed E-state index contributed by atoms with van der Waals surface area (Å²) in [6, 6.07) is 5.39. The van der Waals surface area contributed by atoms with E-state index < -0.39 is 0 Å². The first-order chi connectivity index (χ1) is 8.70. The number of carbonyl (C=O) groups excluding carboxylic acids is 1. The number of H-pyrrole nitrogens is 1. The number of likely N-dealkylation sites (N-methyl/N-ethyl adjacent to an activating group) is 1. The van der Waals surface area contributed by atoms with E-state index in [2.05, 4.69) is 9.97 Å². The Hall–Kier alpha value is -2.30. The average Bonchev–Trinajstić information content (AvgIpc) is 2.85. The van der Waals surface area contributed by atoms with Crippen LogP contribution in [0.3, 0.4) is 0 Å². The predicted octanol–water partition coefficient (Wildman–Crippen LogP) is 1.59. The van der Waals surface area contributed by atoms with Crippen LogP contribution in [0.5, 0.6) is 0 Å². The van der Waals surface area contributed by atoms with Crippen LogP contribution in [-0.4, -0.2) is 22.4 Å². The summed E-state index contributed by atoms with van der Waals surface area (Å²) in [5, 5.41) is 0. The van der Waals surface area contributed by atoms with Gasteiger partial charge < -0.3 is 10.7 Å². The first kappa shape index (κ1) is 12.2. The van der Waals surface area contributed by atoms with Crippen molar-refractivity contribution in [3.05, 3.63) is 42.4 Å². The number of pyridine rings is 1. The zero-order valence-corrected chi connectivity index (χ0v) is 10.3. The second-order valence-electron chi connectivity index (χ2n) is 3.98. The minimum Gasteiger partial charge on any atom is -0.397 e. The summed E-state index contributed by atoms with van der Waals surface area (Å²) < 4.78 is 0. The summed E-state index contributed by atoms with van der Waals surface area (Å²) in [4.78, 5) is 20.9. The van der Waals surface area contributed by atoms with Crippen LogP contribution in [0.15, 0.2) is 36.8 Å². The molecule has 0 saturated carbocycles. The van der Waals surface area contributed by atoms with Crippen molar-refractivity contribution >= 4 is 17.4 Å². The molecule has 3 N–H and O–H groups in total. The van der Waals surface area contributed by atoms with E-state index in [9.17, 15) is 4.79 Å². The molecular weight excluding hydrogens is 228 g/mol. The summed E-state index contributed by atoms with van der Waals surface area (Å²) in [6.45, 7) is 2.51. The zero-order valence-electron chi connectivity index (χ0n) is 10.3. The molecule has 2 rings (SSSR count). The molecule has 94 valence electrons. The van der Waals surface area contributed by atoms with Gasteiger partial charge in [-0.05, 0) is 30.7 Å². The maximum Gasteiger partial charge on any atom is 0.232 e. The smallest absolute Gasteiger partial charge is 0.232 e. The maximum absolute atomic E-state index is 12.2. The van der Waals surface area contributed by atoms with Crippen LogP contribution < -0.4 is 10.6 Å². The van der Waals surface area contributed by atoms with Crippen molar-refractivity contribution in [2.24, 2.45) is 0 Å². The van der Waals surface area contributed by atoms with Crippen LogP contribution in [0.4, 0.5) is 11.5 Å². The van der Waals surface area contributed by atoms with E-state index >= 15 is 0 Å². The van der Waals surface area contributed by atoms with Gasteiger partial charge in [0.1, 0.15) is 5.82 Å². The molecule has 0 aromatic carbocycles. The Morgan fingerprint density at radius 2 is 2.28 bits per heavy atom. The van der Waals surface area contributed by atoms with Gasteiger partial charge in [-0.2, -0.15) is 0 Å². The fraction of sp³-hybridized carbons (Fsp3) is 0.231. The van der Waals surface area contributed by atoms with Crippen LogP contribution in [-0.2, 0) is 11.2 Å². The molecule has 5 nitrogen and oxygen atoms in total. The normalized spacial score (nSPS) is 10.3. The third-order valence-corrected chi connectivity index (χ3v) is 2.68. The first-order valence-electron chi connectivity index (χ1n) is 5.84. The van der Waals surface area contributed by atoms with Crippen LogP contribution in [0.1, 0.15) is 12.5 Å². The highest BCUT2D eigenvalue weighted by atomic mass is 16.2. The zero-order chi connectivity index (χ0) is 13.0. The number of carbonyl (C=O) groups is 1. The van der Waals surface area contributed by atoms with Gasteiger partial charge in [-0.15, -0.1) is 0 Å². The minimum atomic E-state index is 0.0226. The summed E-state index contributed by atoms with van der Waals surface area (Å²) in [5.41, 5.74) is 7.14. The molecule has 0 saturated heterocycles. The van der Waals surface area contributed by atoms with Crippen LogP contribution >= 0.6 is 0 Å². The molecule has 0 unspecified atom stereocenters. The van der Waals surface area contributed by atoms with Gasteiger partial charge >= 0.3 is 0 Å². The van der Waals surface area contributed by atoms with Gasteiger partial charge in [0.25, 0.3) is 0 Å². The number of aromatic amines is 1. The van der Waals surface area contributed by atoms with E-state index in [1.807, 2.05) is 19.2 Å². The molecule has 0 aliphatic heterocycles. The maximum atomic E-state index is 12.2. The number of anilines is 2. The number of rotatable bonds is 4. The number of nitrogen functional groups attached to an aromatic ring is 1. The lowest BCUT2D eigenvalue weighted by Crippen LogP contribution is -2.32. The van der Waals surface area contributed by atoms with Crippen molar-refractivity contribution in [2.45, 2.75) is 13.3 Å². The number of aromatic nitrogens is 2. The molecule has 18 heavy (non-hydrogen) atoms. The van der Waals surface area contributed by atoms with E-state index in [-0.39, 0.29) is 5.91 Å². The number of amides is 1. The van der Waals surface area contributed by atoms with Gasteiger partial charge in [-0.1, -0.05) is 0 Å². The monoisotopic (exact) mass is 244 g/mol. The van der Waals surface area contributed by atoms with Gasteiger partial charge in [0.05, 0.1) is 18.3 Å². The lowest BCUT2D eigenvalue weighted by atomic mass is 10.2. The van der Waals surface area contributed by atoms with Crippen LogP contribution in [0, 0.1) is 0 Å². The topological polar surface area (TPSA) is 75.0 Å². The third-order valence-electron chi connectivity index (χ3n) is 2.68. The number of nitrogens with one attached hydrogen (secondary N) is 1. The molecule has 0 atom stereocenters. The van der Waals surface area contributed by atoms with Gasteiger partial charge in [-0.3, -0.25) is 9.69 Å². The summed E-state index contributed by atoms with van der Waals surface area (Å²) >= 11 is 0. The van der Waals surface area contributed by atoms with E-state index in [1.54, 1.807) is 29.4 Å². The van der Waals surface area contributed by atoms with E-state index in [0.717, 1.165) is 5.56 Å². The van der Waals surface area contributed by atoms with Crippen molar-refractivity contribution in [1.82, 2.24) is 9.97 Å². The highest BCUT2D eigenvalue weighted by Crippen LogP contribution is 2.13. The highest BCUT2D eigenvalue weighted by Gasteiger charge is 2.15. The number of nitrogens with zero attached hydrogens (tertiary/aromatic N) is 2. The Balaban J connectivity index is 2.13. The first-order valence-corrected chi connectivity index (χ1v) is 5.84. The largest absolute Gasteiger partial charge is 0.397 e. The molecule has 0 radical (unpaired) electrons. The Labute approximate surface area is 106 Å². The van der Waals surface area contributed by atoms with Crippen molar-refractivity contribution in [3.63, 3.8) is 0 Å². The summed E-state index contributed by atoms with van der Waals surface area (Å²) in [6.07, 6.45) is 5.55.